The second-order valence-corrected chi connectivity index (χ2v) is 9.99. The summed E-state index contributed by atoms with van der Waals surface area (Å²) in [6, 6.07) is 11.9. The van der Waals surface area contributed by atoms with Crippen molar-refractivity contribution in [2.45, 2.75) is 25.0 Å². The largest absolute Gasteiger partial charge is 0.485 e. The number of hydrogen-bond acceptors (Lipinski definition) is 10. The molecule has 1 spiro atoms. The second-order valence-electron chi connectivity index (χ2n) is 8.61. The van der Waals surface area contributed by atoms with E-state index in [4.69, 9.17) is 30.8 Å². The van der Waals surface area contributed by atoms with Gasteiger partial charge in [-0.3, -0.25) is 0 Å². The number of nitrogens with zero attached hydrogens (tertiary/aromatic N) is 4. The summed E-state index contributed by atoms with van der Waals surface area (Å²) in [7, 11) is 0. The van der Waals surface area contributed by atoms with Crippen LogP contribution in [0.4, 0.5) is 17.2 Å². The monoisotopic (exact) mass is 522 g/mol. The number of rotatable bonds is 6. The minimum absolute atomic E-state index is 0.178. The molecule has 0 saturated carbocycles. The summed E-state index contributed by atoms with van der Waals surface area (Å²) >= 11 is 8.02. The number of fused-ring (bicyclic) bond motifs is 1. The molecular weight excluding hydrogens is 500 g/mol. The number of halogens is 1. The summed E-state index contributed by atoms with van der Waals surface area (Å²) < 4.78 is 17.1. The molecule has 2 N–H and O–H groups in total. The zero-order valence-electron chi connectivity index (χ0n) is 19.2. The summed E-state index contributed by atoms with van der Waals surface area (Å²) in [6.45, 7) is 2.38. The fourth-order valence-electron chi connectivity index (χ4n) is 4.21. The maximum Gasteiger partial charge on any atom is 0.289 e. The van der Waals surface area contributed by atoms with E-state index in [1.807, 2.05) is 41.8 Å². The van der Waals surface area contributed by atoms with Crippen LogP contribution in [0.5, 0.6) is 5.75 Å². The Hall–Kier alpha value is -3.47. The lowest BCUT2D eigenvalue weighted by Gasteiger charge is -2.27. The molecule has 6 rings (SSSR count). The number of amidine groups is 1. The minimum Gasteiger partial charge on any atom is -0.485 e. The third-order valence-electron chi connectivity index (χ3n) is 6.16. The maximum atomic E-state index is 6.48. The summed E-state index contributed by atoms with van der Waals surface area (Å²) in [5.41, 5.74) is 2.25. The Labute approximate surface area is 216 Å². The van der Waals surface area contributed by atoms with Crippen LogP contribution in [0.2, 0.25) is 5.02 Å². The number of aliphatic imine (C=N–C) groups is 1. The van der Waals surface area contributed by atoms with Crippen molar-refractivity contribution in [3.63, 3.8) is 0 Å². The first-order chi connectivity index (χ1) is 17.7. The van der Waals surface area contributed by atoms with E-state index in [0.29, 0.717) is 49.0 Å². The van der Waals surface area contributed by atoms with Crippen LogP contribution in [0.1, 0.15) is 17.8 Å². The van der Waals surface area contributed by atoms with Crippen LogP contribution in [-0.2, 0) is 16.1 Å². The van der Waals surface area contributed by atoms with Gasteiger partial charge in [-0.1, -0.05) is 11.6 Å². The molecule has 9 nitrogen and oxygen atoms in total. The molecule has 0 atom stereocenters. The van der Waals surface area contributed by atoms with Gasteiger partial charge in [0, 0.05) is 41.6 Å². The fourth-order valence-corrected chi connectivity index (χ4v) is 4.97. The maximum absolute atomic E-state index is 6.48. The summed E-state index contributed by atoms with van der Waals surface area (Å²) in [4.78, 5) is 17.9. The minimum atomic E-state index is -0.178. The predicted octanol–water partition coefficient (Wildman–Crippen LogP) is 5.41. The van der Waals surface area contributed by atoms with E-state index in [1.165, 1.54) is 17.7 Å². The molecule has 0 aliphatic carbocycles. The first kappa shape index (κ1) is 23.0. The molecule has 0 unspecified atom stereocenters. The van der Waals surface area contributed by atoms with E-state index in [0.717, 1.165) is 40.1 Å². The molecule has 184 valence electrons. The molecule has 36 heavy (non-hydrogen) atoms. The molecule has 11 heteroatoms. The molecule has 2 aromatic carbocycles. The molecule has 4 aromatic rings. The Morgan fingerprint density at radius 3 is 2.72 bits per heavy atom. The lowest BCUT2D eigenvalue weighted by atomic mass is 9.92. The van der Waals surface area contributed by atoms with Crippen LogP contribution in [-0.4, -0.2) is 46.3 Å². The quantitative estimate of drug-likeness (QED) is 0.346. The first-order valence-corrected chi connectivity index (χ1v) is 12.8. The predicted molar refractivity (Wildman–Crippen MR) is 141 cm³/mol. The van der Waals surface area contributed by atoms with Crippen molar-refractivity contribution in [2.75, 3.05) is 30.5 Å². The summed E-state index contributed by atoms with van der Waals surface area (Å²) in [5.74, 6) is 1.25. The highest BCUT2D eigenvalue weighted by Crippen LogP contribution is 2.33. The van der Waals surface area contributed by atoms with E-state index in [2.05, 4.69) is 25.6 Å². The topological polar surface area (TPSA) is 103 Å². The average molecular weight is 523 g/mol. The van der Waals surface area contributed by atoms with Gasteiger partial charge >= 0.3 is 0 Å². The zero-order valence-corrected chi connectivity index (χ0v) is 20.8. The number of ether oxygens (including phenoxy) is 3. The van der Waals surface area contributed by atoms with Crippen molar-refractivity contribution >= 4 is 57.1 Å². The second kappa shape index (κ2) is 9.88. The van der Waals surface area contributed by atoms with Crippen molar-refractivity contribution < 1.29 is 14.2 Å². The van der Waals surface area contributed by atoms with Crippen LogP contribution < -0.4 is 15.4 Å². The number of hydrogen-bond donors (Lipinski definition) is 2. The van der Waals surface area contributed by atoms with Crippen molar-refractivity contribution in [1.82, 2.24) is 15.0 Å². The van der Waals surface area contributed by atoms with Crippen molar-refractivity contribution in [1.29, 1.82) is 0 Å². The molecule has 4 heterocycles. The van der Waals surface area contributed by atoms with E-state index < -0.39 is 0 Å². The molecule has 2 aromatic heterocycles. The van der Waals surface area contributed by atoms with Gasteiger partial charge in [-0.05, 0) is 49.2 Å². The van der Waals surface area contributed by atoms with E-state index in [-0.39, 0.29) is 5.54 Å². The third-order valence-corrected chi connectivity index (χ3v) is 7.20. The van der Waals surface area contributed by atoms with Gasteiger partial charge in [0.1, 0.15) is 41.7 Å². The normalized spacial score (nSPS) is 16.5. The van der Waals surface area contributed by atoms with Gasteiger partial charge < -0.3 is 24.8 Å². The Morgan fingerprint density at radius 1 is 1.03 bits per heavy atom. The van der Waals surface area contributed by atoms with Gasteiger partial charge in [0.25, 0.3) is 6.02 Å². The average Bonchev–Trinajstić information content (AvgIpc) is 3.55. The van der Waals surface area contributed by atoms with Crippen LogP contribution >= 0.6 is 22.9 Å². The van der Waals surface area contributed by atoms with Crippen molar-refractivity contribution in [3.05, 3.63) is 64.3 Å². The number of benzene rings is 2. The number of aromatic nitrogens is 3. The number of nitrogens with one attached hydrogen (secondary N) is 2. The molecule has 1 saturated heterocycles. The third kappa shape index (κ3) is 4.92. The van der Waals surface area contributed by atoms with Gasteiger partial charge in [0.2, 0.25) is 0 Å². The highest BCUT2D eigenvalue weighted by molar-refractivity contribution is 7.09. The first-order valence-electron chi connectivity index (χ1n) is 11.6. The Bertz CT molecular complexity index is 1410. The van der Waals surface area contributed by atoms with E-state index in [1.54, 1.807) is 6.20 Å². The molecule has 0 radical (unpaired) electrons. The highest BCUT2D eigenvalue weighted by atomic mass is 35.5. The highest BCUT2D eigenvalue weighted by Gasteiger charge is 2.38. The summed E-state index contributed by atoms with van der Waals surface area (Å²) in [6.07, 6.45) is 5.02. The van der Waals surface area contributed by atoms with Crippen LogP contribution in [0.15, 0.2) is 59.3 Å². The van der Waals surface area contributed by atoms with Crippen LogP contribution in [0, 0.1) is 0 Å². The molecule has 2 aliphatic heterocycles. The molecule has 0 bridgehead atoms. The van der Waals surface area contributed by atoms with Crippen LogP contribution in [0.3, 0.4) is 0 Å². The molecular formula is C25H23ClN6O3S. The van der Waals surface area contributed by atoms with Crippen molar-refractivity contribution in [3.8, 4) is 5.75 Å². The van der Waals surface area contributed by atoms with Crippen LogP contribution in [0.25, 0.3) is 10.9 Å². The fraction of sp³-hybridized carbons (Fsp3) is 0.280. The summed E-state index contributed by atoms with van der Waals surface area (Å²) in [5, 5.41) is 10.8. The van der Waals surface area contributed by atoms with E-state index >= 15 is 0 Å². The Morgan fingerprint density at radius 2 is 1.89 bits per heavy atom. The number of thiazole rings is 1. The Kier molecular flexibility index (Phi) is 6.30. The van der Waals surface area contributed by atoms with Gasteiger partial charge in [0.15, 0.2) is 0 Å². The zero-order chi connectivity index (χ0) is 24.4. The van der Waals surface area contributed by atoms with Gasteiger partial charge in [-0.15, -0.1) is 11.3 Å². The van der Waals surface area contributed by atoms with Crippen molar-refractivity contribution in [2.24, 2.45) is 4.99 Å². The lowest BCUT2D eigenvalue weighted by molar-refractivity contribution is 0.0442. The van der Waals surface area contributed by atoms with E-state index in [9.17, 15) is 0 Å². The standard InChI is InChI=1S/C25H23ClN6O3S/c26-19-12-17(2-4-21(19)34-13-22-27-7-10-36-22)30-23-18-11-16(1-3-20(18)28-15-29-23)31-24-32-25(14-35-24)5-8-33-9-6-25/h1-4,7,10-12,15H,5-6,8-9,13-14H2,(H,31,32)(H,28,29,30). The lowest BCUT2D eigenvalue weighted by Crippen LogP contribution is -2.35. The molecule has 2 aliphatic rings. The number of anilines is 3. The smallest absolute Gasteiger partial charge is 0.289 e. The molecule has 1 fully saturated rings. The van der Waals surface area contributed by atoms with Gasteiger partial charge in [-0.2, -0.15) is 0 Å². The Balaban J connectivity index is 1.19. The molecule has 0 amide bonds. The van der Waals surface area contributed by atoms with Gasteiger partial charge in [0.05, 0.1) is 10.5 Å². The SMILES string of the molecule is Clc1cc(Nc2ncnc3ccc(NC4=NC5(CCOCC5)CO4)cc23)ccc1OCc1nccs1. The van der Waals surface area contributed by atoms with Gasteiger partial charge in [-0.25, -0.2) is 19.9 Å².